The Morgan fingerprint density at radius 1 is 0.630 bits per heavy atom. The molecule has 1 aliphatic rings. The molecule has 3 aromatic carbocycles. The predicted molar refractivity (Wildman–Crippen MR) is 144 cm³/mol. The van der Waals surface area contributed by atoms with Gasteiger partial charge in [0.15, 0.2) is 0 Å². The molecule has 0 radical (unpaired) electrons. The molecule has 27 heavy (non-hydrogen) atoms. The lowest BCUT2D eigenvalue weighted by molar-refractivity contribution is 1.78. The van der Waals surface area contributed by atoms with E-state index in [2.05, 4.69) is 48.5 Å². The molecule has 1 heterocycles. The number of hydrogen-bond donors (Lipinski definition) is 0. The lowest BCUT2D eigenvalue weighted by atomic mass is 10.4. The van der Waals surface area contributed by atoms with Gasteiger partial charge in [0.2, 0.25) is 0 Å². The summed E-state index contributed by atoms with van der Waals surface area (Å²) in [7, 11) is 0. The normalized spacial score (nSPS) is 24.1. The van der Waals surface area contributed by atoms with E-state index >= 15 is 0 Å². The van der Waals surface area contributed by atoms with Crippen LogP contribution in [0.15, 0.2) is 91.0 Å². The average molecular weight is 517 g/mol. The molecule has 0 N–H and O–H groups in total. The van der Waals surface area contributed by atoms with Gasteiger partial charge in [-0.25, -0.2) is 0 Å². The van der Waals surface area contributed by atoms with Gasteiger partial charge in [-0.15, -0.1) is 0 Å². The minimum absolute atomic E-state index is 0.729. The molecule has 0 aromatic heterocycles. The van der Waals surface area contributed by atoms with E-state index in [1.807, 2.05) is 64.5 Å². The fourth-order valence-corrected chi connectivity index (χ4v) is 45.7. The molecule has 0 saturated carbocycles. The van der Waals surface area contributed by atoms with Crippen LogP contribution in [-0.2, 0) is 47.7 Å². The summed E-state index contributed by atoms with van der Waals surface area (Å²) in [4.78, 5) is 0. The Kier molecular flexibility index (Phi) is 8.25. The Morgan fingerprint density at radius 2 is 0.963 bits per heavy atom. The van der Waals surface area contributed by atoms with Crippen LogP contribution in [0.4, 0.5) is 0 Å². The van der Waals surface area contributed by atoms with Crippen LogP contribution < -0.4 is 15.9 Å². The number of rotatable bonds is 3. The zero-order valence-electron chi connectivity index (χ0n) is 14.0. The summed E-state index contributed by atoms with van der Waals surface area (Å²) in [6.45, 7) is 0. The van der Waals surface area contributed by atoms with Crippen LogP contribution in [0.25, 0.3) is 0 Å². The zero-order valence-corrected chi connectivity index (χ0v) is 21.5. The van der Waals surface area contributed by atoms with E-state index in [9.17, 15) is 0 Å². The quantitative estimate of drug-likeness (QED) is 0.288. The van der Waals surface area contributed by atoms with Crippen molar-refractivity contribution in [3.63, 3.8) is 0 Å². The molecule has 1 unspecified atom stereocenters. The van der Waals surface area contributed by atoms with Gasteiger partial charge in [-0.05, 0) is 12.1 Å². The van der Waals surface area contributed by atoms with Gasteiger partial charge in [0.25, 0.3) is 0 Å². The fraction of sp³-hybridized carbons (Fsp3) is 0. The number of hydrogen-bond acceptors (Lipinski definition) is 6. The summed E-state index contributed by atoms with van der Waals surface area (Å²) in [5, 5.41) is 3.70. The van der Waals surface area contributed by atoms with Gasteiger partial charge in [0.1, 0.15) is 17.1 Å². The van der Waals surface area contributed by atoms with Crippen LogP contribution in [0.3, 0.4) is 0 Å². The standard InChI is InChI=1S/C12H10P2S4.C6H5PS2/c15-13(11-7-3-1-4-8-11)17-14(16,18-13)12-9-5-2-6-10-12;8-7(9)6-4-2-1-3-5-6/h1-10H;1-5H. The minimum atomic E-state index is -1.52. The zero-order chi connectivity index (χ0) is 19.3. The first-order valence-corrected chi connectivity index (χ1v) is 20.9. The van der Waals surface area contributed by atoms with Crippen molar-refractivity contribution in [1.82, 2.24) is 0 Å². The Morgan fingerprint density at radius 3 is 1.26 bits per heavy atom. The Hall–Kier alpha value is 0.530. The highest BCUT2D eigenvalue weighted by molar-refractivity contribution is 9.48. The van der Waals surface area contributed by atoms with Gasteiger partial charge >= 0.3 is 0 Å². The second-order valence-corrected chi connectivity index (χ2v) is 30.6. The molecular weight excluding hydrogens is 502 g/mol. The number of benzene rings is 3. The molecule has 0 bridgehead atoms. The second kappa shape index (κ2) is 10.0. The maximum Gasteiger partial charge on any atom is 0.139 e. The summed E-state index contributed by atoms with van der Waals surface area (Å²) < 4.78 is -3.04. The SMILES string of the molecule is S=P1(c2ccccc2)SP(=S)(c2ccccc2)S1.S=[P+]([S-])c1ccccc1. The molecule has 1 atom stereocenters. The first kappa shape index (κ1) is 22.2. The Bertz CT molecular complexity index is 938. The van der Waals surface area contributed by atoms with E-state index in [-0.39, 0.29) is 0 Å². The molecule has 0 spiro atoms. The van der Waals surface area contributed by atoms with Gasteiger partial charge in [-0.3, -0.25) is 0 Å². The highest BCUT2D eigenvalue weighted by Gasteiger charge is 2.45. The van der Waals surface area contributed by atoms with Crippen molar-refractivity contribution in [2.75, 3.05) is 0 Å². The van der Waals surface area contributed by atoms with Crippen molar-refractivity contribution in [2.45, 2.75) is 0 Å². The smallest absolute Gasteiger partial charge is 0.139 e. The third-order valence-corrected chi connectivity index (χ3v) is 36.8. The van der Waals surface area contributed by atoms with Crippen molar-refractivity contribution in [3.8, 4) is 0 Å². The van der Waals surface area contributed by atoms with Gasteiger partial charge in [-0.1, -0.05) is 124 Å². The van der Waals surface area contributed by atoms with Crippen LogP contribution >= 0.6 is 36.8 Å². The summed E-state index contributed by atoms with van der Waals surface area (Å²) in [5.74, 6) is -0.729. The van der Waals surface area contributed by atoms with E-state index in [0.29, 0.717) is 0 Å². The van der Waals surface area contributed by atoms with Crippen LogP contribution in [-0.4, -0.2) is 0 Å². The fourth-order valence-electron chi connectivity index (χ4n) is 2.25. The summed E-state index contributed by atoms with van der Waals surface area (Å²) >= 11 is 25.3. The van der Waals surface area contributed by atoms with Gasteiger partial charge in [-0.2, -0.15) is 0 Å². The van der Waals surface area contributed by atoms with E-state index in [1.165, 1.54) is 10.6 Å². The molecule has 4 rings (SSSR count). The van der Waals surface area contributed by atoms with Gasteiger partial charge < -0.3 is 12.2 Å². The third-order valence-electron chi connectivity index (χ3n) is 3.54. The third kappa shape index (κ3) is 5.79. The van der Waals surface area contributed by atoms with Crippen LogP contribution in [0, 0.1) is 0 Å². The van der Waals surface area contributed by atoms with Crippen molar-refractivity contribution < 1.29 is 0 Å². The first-order valence-electron chi connectivity index (χ1n) is 7.86. The summed E-state index contributed by atoms with van der Waals surface area (Å²) in [5.41, 5.74) is 0. The predicted octanol–water partition coefficient (Wildman–Crippen LogP) is 6.45. The molecule has 1 fully saturated rings. The highest BCUT2D eigenvalue weighted by atomic mass is 33.7. The van der Waals surface area contributed by atoms with Gasteiger partial charge in [0, 0.05) is 10.6 Å². The van der Waals surface area contributed by atoms with E-state index in [0.717, 1.165) is 5.30 Å². The lowest BCUT2D eigenvalue weighted by Crippen LogP contribution is -2.08. The van der Waals surface area contributed by atoms with Crippen LogP contribution in [0.1, 0.15) is 0 Å². The van der Waals surface area contributed by atoms with Crippen molar-refractivity contribution in [1.29, 1.82) is 0 Å². The molecule has 0 nitrogen and oxygen atoms in total. The summed E-state index contributed by atoms with van der Waals surface area (Å²) in [6, 6.07) is 30.7. The van der Waals surface area contributed by atoms with Crippen LogP contribution in [0.2, 0.25) is 0 Å². The highest BCUT2D eigenvalue weighted by Crippen LogP contribution is 3.04. The Balaban J connectivity index is 0.000000197. The maximum atomic E-state index is 5.85. The molecule has 3 aromatic rings. The molecule has 1 aliphatic heterocycles. The largest absolute Gasteiger partial charge is 0.472 e. The molecule has 138 valence electrons. The molecule has 1 saturated heterocycles. The first-order chi connectivity index (χ1) is 12.9. The van der Waals surface area contributed by atoms with Crippen molar-refractivity contribution >= 4 is 100 Å². The van der Waals surface area contributed by atoms with Crippen molar-refractivity contribution in [2.24, 2.45) is 0 Å². The van der Waals surface area contributed by atoms with E-state index in [4.69, 9.17) is 47.7 Å². The molecular formula is C18H15P3S6. The van der Waals surface area contributed by atoms with Crippen molar-refractivity contribution in [3.05, 3.63) is 91.0 Å². The Labute approximate surface area is 189 Å². The monoisotopic (exact) mass is 516 g/mol. The van der Waals surface area contributed by atoms with Crippen LogP contribution in [0.5, 0.6) is 0 Å². The maximum absolute atomic E-state index is 5.85. The second-order valence-electron chi connectivity index (χ2n) is 5.42. The molecule has 0 aliphatic carbocycles. The summed E-state index contributed by atoms with van der Waals surface area (Å²) in [6.07, 6.45) is 0. The lowest BCUT2D eigenvalue weighted by Gasteiger charge is -2.40. The average Bonchev–Trinajstić information content (AvgIpc) is 2.69. The molecule has 9 heteroatoms. The molecule has 0 amide bonds. The van der Waals surface area contributed by atoms with E-state index < -0.39 is 14.8 Å². The van der Waals surface area contributed by atoms with E-state index in [1.54, 1.807) is 0 Å². The minimum Gasteiger partial charge on any atom is -0.472 e. The van der Waals surface area contributed by atoms with Gasteiger partial charge in [0.05, 0.1) is 14.8 Å². The topological polar surface area (TPSA) is 0 Å².